The van der Waals surface area contributed by atoms with Gasteiger partial charge in [0.2, 0.25) is 0 Å². The zero-order chi connectivity index (χ0) is 18.2. The molecule has 0 unspecified atom stereocenters. The second kappa shape index (κ2) is 6.84. The average Bonchev–Trinajstić information content (AvgIpc) is 3.14. The lowest BCUT2D eigenvalue weighted by Crippen LogP contribution is -2.25. The van der Waals surface area contributed by atoms with E-state index in [-0.39, 0.29) is 11.3 Å². The number of fused-ring (bicyclic) bond motifs is 1. The molecule has 1 N–H and O–H groups in total. The highest BCUT2D eigenvalue weighted by atomic mass is 32.1. The highest BCUT2D eigenvalue weighted by Gasteiger charge is 2.23. The Morgan fingerprint density at radius 2 is 2.00 bits per heavy atom. The number of amides is 1. The van der Waals surface area contributed by atoms with Crippen molar-refractivity contribution < 1.29 is 4.79 Å². The van der Waals surface area contributed by atoms with Crippen molar-refractivity contribution in [2.24, 2.45) is 0 Å². The van der Waals surface area contributed by atoms with Crippen molar-refractivity contribution in [2.45, 2.75) is 46.5 Å². The summed E-state index contributed by atoms with van der Waals surface area (Å²) in [5.74, 6) is 0.803. The zero-order valence-corrected chi connectivity index (χ0v) is 16.9. The summed E-state index contributed by atoms with van der Waals surface area (Å²) in [6.45, 7) is 10.9. The molecule has 1 amide bonds. The third-order valence-corrected chi connectivity index (χ3v) is 6.21. The Morgan fingerprint density at radius 3 is 2.64 bits per heavy atom. The van der Waals surface area contributed by atoms with E-state index >= 15 is 0 Å². The highest BCUT2D eigenvalue weighted by Crippen LogP contribution is 2.33. The molecular weight excluding hydrogens is 350 g/mol. The first kappa shape index (κ1) is 18.0. The summed E-state index contributed by atoms with van der Waals surface area (Å²) in [7, 11) is 0. The molecule has 3 heterocycles. The van der Waals surface area contributed by atoms with Crippen molar-refractivity contribution in [1.29, 1.82) is 0 Å². The van der Waals surface area contributed by atoms with Crippen LogP contribution < -0.4 is 5.32 Å². The molecule has 0 fully saturated rings. The number of rotatable bonds is 4. The number of carbonyl (C=O) groups is 1. The van der Waals surface area contributed by atoms with Crippen LogP contribution in [-0.4, -0.2) is 22.4 Å². The third kappa shape index (κ3) is 3.75. The normalized spacial score (nSPS) is 11.9. The van der Waals surface area contributed by atoms with Crippen molar-refractivity contribution in [3.05, 3.63) is 44.3 Å². The molecule has 4 nitrogen and oxygen atoms in total. The number of thiophene rings is 2. The smallest absolute Gasteiger partial charge is 0.261 e. The summed E-state index contributed by atoms with van der Waals surface area (Å²) < 4.78 is 0. The van der Waals surface area contributed by atoms with Crippen molar-refractivity contribution >= 4 is 38.8 Å². The number of aryl methyl sites for hydroxylation is 2. The lowest BCUT2D eigenvalue weighted by Gasteiger charge is -2.16. The van der Waals surface area contributed by atoms with Crippen LogP contribution >= 0.6 is 22.7 Å². The molecule has 0 saturated heterocycles. The van der Waals surface area contributed by atoms with Crippen molar-refractivity contribution in [1.82, 2.24) is 15.3 Å². The minimum Gasteiger partial charge on any atom is -0.351 e. The summed E-state index contributed by atoms with van der Waals surface area (Å²) >= 11 is 3.18. The molecule has 0 bridgehead atoms. The van der Waals surface area contributed by atoms with Crippen LogP contribution in [0.5, 0.6) is 0 Å². The van der Waals surface area contributed by atoms with Crippen molar-refractivity contribution in [2.75, 3.05) is 6.54 Å². The van der Waals surface area contributed by atoms with E-state index < -0.39 is 0 Å². The summed E-state index contributed by atoms with van der Waals surface area (Å²) in [6.07, 6.45) is 0.861. The maximum Gasteiger partial charge on any atom is 0.261 e. The molecule has 0 atom stereocenters. The molecule has 0 aliphatic heterocycles. The Balaban J connectivity index is 1.85. The maximum absolute atomic E-state index is 12.6. The van der Waals surface area contributed by atoms with Crippen LogP contribution in [0.2, 0.25) is 0 Å². The molecule has 3 rings (SSSR count). The fourth-order valence-corrected chi connectivity index (χ4v) is 4.58. The Labute approximate surface area is 156 Å². The van der Waals surface area contributed by atoms with E-state index in [1.165, 1.54) is 16.2 Å². The Bertz CT molecular complexity index is 905. The van der Waals surface area contributed by atoms with E-state index in [1.54, 1.807) is 11.3 Å². The van der Waals surface area contributed by atoms with Gasteiger partial charge in [-0.3, -0.25) is 4.79 Å². The maximum atomic E-state index is 12.6. The summed E-state index contributed by atoms with van der Waals surface area (Å²) in [6, 6.07) is 4.13. The van der Waals surface area contributed by atoms with Crippen LogP contribution in [-0.2, 0) is 11.8 Å². The van der Waals surface area contributed by atoms with E-state index in [1.807, 2.05) is 19.9 Å². The second-order valence-corrected chi connectivity index (χ2v) is 9.24. The molecule has 3 aromatic rings. The van der Waals surface area contributed by atoms with Gasteiger partial charge in [0.05, 0.1) is 10.6 Å². The first-order valence-corrected chi connectivity index (χ1v) is 10.1. The van der Waals surface area contributed by atoms with Gasteiger partial charge in [-0.2, -0.15) is 0 Å². The Morgan fingerprint density at radius 1 is 1.24 bits per heavy atom. The van der Waals surface area contributed by atoms with E-state index in [9.17, 15) is 4.79 Å². The van der Waals surface area contributed by atoms with Gasteiger partial charge in [-0.05, 0) is 37.3 Å². The summed E-state index contributed by atoms with van der Waals surface area (Å²) in [4.78, 5) is 24.9. The number of nitrogens with one attached hydrogen (secondary N) is 1. The lowest BCUT2D eigenvalue weighted by atomic mass is 9.95. The Kier molecular flexibility index (Phi) is 4.93. The van der Waals surface area contributed by atoms with Gasteiger partial charge in [-0.1, -0.05) is 26.8 Å². The largest absolute Gasteiger partial charge is 0.351 e. The van der Waals surface area contributed by atoms with Crippen molar-refractivity contribution in [3.8, 4) is 0 Å². The number of carbonyl (C=O) groups excluding carboxylic acids is 1. The van der Waals surface area contributed by atoms with Crippen LogP contribution in [0.3, 0.4) is 0 Å². The molecule has 0 spiro atoms. The van der Waals surface area contributed by atoms with Crippen LogP contribution in [0.15, 0.2) is 17.5 Å². The fraction of sp³-hybridized carbons (Fsp3) is 0.421. The van der Waals surface area contributed by atoms with Gasteiger partial charge >= 0.3 is 0 Å². The minimum atomic E-state index is -0.111. The molecule has 0 aliphatic carbocycles. The molecule has 3 aromatic heterocycles. The predicted molar refractivity (Wildman–Crippen MR) is 106 cm³/mol. The van der Waals surface area contributed by atoms with E-state index in [0.29, 0.717) is 6.54 Å². The van der Waals surface area contributed by atoms with Gasteiger partial charge in [0.25, 0.3) is 5.91 Å². The lowest BCUT2D eigenvalue weighted by molar-refractivity contribution is 0.0958. The minimum absolute atomic E-state index is 0.0197. The quantitative estimate of drug-likeness (QED) is 0.725. The average molecular weight is 374 g/mol. The van der Waals surface area contributed by atoms with E-state index in [2.05, 4.69) is 42.5 Å². The molecule has 0 saturated carbocycles. The molecule has 0 aromatic carbocycles. The van der Waals surface area contributed by atoms with Gasteiger partial charge < -0.3 is 5.32 Å². The standard InChI is InChI=1S/C19H23N3OS2/c1-11-14-12(2)21-18(19(3,4)5)22-17(14)25-15(11)16(23)20-9-8-13-7-6-10-24-13/h6-7,10H,8-9H2,1-5H3,(H,20,23). The first-order valence-electron chi connectivity index (χ1n) is 8.36. The third-order valence-electron chi connectivity index (χ3n) is 4.09. The van der Waals surface area contributed by atoms with E-state index in [4.69, 9.17) is 4.98 Å². The van der Waals surface area contributed by atoms with Crippen LogP contribution in [0.1, 0.15) is 52.4 Å². The zero-order valence-electron chi connectivity index (χ0n) is 15.3. The first-order chi connectivity index (χ1) is 11.8. The number of hydrogen-bond donors (Lipinski definition) is 1. The van der Waals surface area contributed by atoms with Crippen LogP contribution in [0, 0.1) is 13.8 Å². The molecular formula is C19H23N3OS2. The number of hydrogen-bond acceptors (Lipinski definition) is 5. The van der Waals surface area contributed by atoms with Gasteiger partial charge in [0.1, 0.15) is 10.7 Å². The van der Waals surface area contributed by atoms with Gasteiger partial charge in [-0.25, -0.2) is 9.97 Å². The Hall–Kier alpha value is -1.79. The van der Waals surface area contributed by atoms with Crippen LogP contribution in [0.4, 0.5) is 0 Å². The molecule has 0 aliphatic rings. The van der Waals surface area contributed by atoms with Crippen LogP contribution in [0.25, 0.3) is 10.2 Å². The molecule has 132 valence electrons. The van der Waals surface area contributed by atoms with Crippen molar-refractivity contribution in [3.63, 3.8) is 0 Å². The summed E-state index contributed by atoms with van der Waals surface area (Å²) in [5, 5.41) is 6.11. The van der Waals surface area contributed by atoms with Gasteiger partial charge in [0, 0.05) is 22.2 Å². The topological polar surface area (TPSA) is 54.9 Å². The monoisotopic (exact) mass is 373 g/mol. The molecule has 25 heavy (non-hydrogen) atoms. The molecule has 0 radical (unpaired) electrons. The second-order valence-electron chi connectivity index (χ2n) is 7.20. The highest BCUT2D eigenvalue weighted by molar-refractivity contribution is 7.20. The predicted octanol–water partition coefficient (Wildman–Crippen LogP) is 4.64. The molecule has 6 heteroatoms. The van der Waals surface area contributed by atoms with Gasteiger partial charge in [0.15, 0.2) is 0 Å². The number of aromatic nitrogens is 2. The SMILES string of the molecule is Cc1nc(C(C)(C)C)nc2sc(C(=O)NCCc3cccs3)c(C)c12. The van der Waals surface area contributed by atoms with E-state index in [0.717, 1.165) is 38.6 Å². The summed E-state index contributed by atoms with van der Waals surface area (Å²) in [5.41, 5.74) is 1.81. The van der Waals surface area contributed by atoms with Gasteiger partial charge in [-0.15, -0.1) is 22.7 Å². The number of nitrogens with zero attached hydrogens (tertiary/aromatic N) is 2. The fourth-order valence-electron chi connectivity index (χ4n) is 2.73.